The molecule has 6 aromatic carbocycles. The largest absolute Gasteiger partial charge is 0.143 e. The maximum absolute atomic E-state index is 2.28. The Kier molecular flexibility index (Phi) is 2.97. The third-order valence-electron chi connectivity index (χ3n) is 6.27. The Hall–Kier alpha value is -3.42. The molecular weight excluding hydrogens is 368 g/mol. The summed E-state index contributed by atoms with van der Waals surface area (Å²) in [5.74, 6) is 0. The molecule has 0 nitrogen and oxygen atoms in total. The average molecular weight is 385 g/mol. The summed E-state index contributed by atoms with van der Waals surface area (Å²) in [6.07, 6.45) is 0. The van der Waals surface area contributed by atoms with Crippen LogP contribution in [0.5, 0.6) is 0 Å². The standard InChI is InChI=1S/C28H16S/c1-2-4-23-17(3-1)5-6-18-7-8-19-9-10-20-11-12-21-13-14-22-15-16-29-28(22)27(21)26(20)25(19)24(18)23/h1-16H. The van der Waals surface area contributed by atoms with Crippen LogP contribution in [-0.2, 0) is 0 Å². The lowest BCUT2D eigenvalue weighted by Gasteiger charge is -2.13. The molecule has 7 aromatic rings. The van der Waals surface area contributed by atoms with E-state index in [0.717, 1.165) is 0 Å². The Morgan fingerprint density at radius 3 is 1.62 bits per heavy atom. The van der Waals surface area contributed by atoms with Gasteiger partial charge in [-0.15, -0.1) is 11.3 Å². The van der Waals surface area contributed by atoms with Gasteiger partial charge in [-0.25, -0.2) is 0 Å². The van der Waals surface area contributed by atoms with Crippen molar-refractivity contribution in [2.45, 2.75) is 0 Å². The van der Waals surface area contributed by atoms with Crippen LogP contribution in [0.1, 0.15) is 0 Å². The lowest BCUT2D eigenvalue weighted by atomic mass is 9.90. The van der Waals surface area contributed by atoms with Crippen LogP contribution in [0.3, 0.4) is 0 Å². The van der Waals surface area contributed by atoms with Crippen LogP contribution >= 0.6 is 11.3 Å². The molecule has 0 N–H and O–H groups in total. The first-order valence-electron chi connectivity index (χ1n) is 9.94. The number of rotatable bonds is 0. The van der Waals surface area contributed by atoms with Crippen LogP contribution in [0.25, 0.3) is 63.9 Å². The molecule has 134 valence electrons. The van der Waals surface area contributed by atoms with Crippen molar-refractivity contribution < 1.29 is 0 Å². The minimum absolute atomic E-state index is 1.30. The van der Waals surface area contributed by atoms with Gasteiger partial charge >= 0.3 is 0 Å². The van der Waals surface area contributed by atoms with Crippen molar-refractivity contribution >= 4 is 75.3 Å². The highest BCUT2D eigenvalue weighted by Gasteiger charge is 2.13. The third kappa shape index (κ3) is 2.03. The summed E-state index contributed by atoms with van der Waals surface area (Å²) in [6, 6.07) is 33.7. The number of fused-ring (bicyclic) bond motifs is 11. The summed E-state index contributed by atoms with van der Waals surface area (Å²) in [5.41, 5.74) is 0. The molecule has 0 atom stereocenters. The minimum atomic E-state index is 1.30. The van der Waals surface area contributed by atoms with Crippen molar-refractivity contribution in [3.63, 3.8) is 0 Å². The maximum atomic E-state index is 2.28. The van der Waals surface area contributed by atoms with Gasteiger partial charge in [0.05, 0.1) is 0 Å². The SMILES string of the molecule is c1ccc2c(c1)ccc1ccc3ccc4ccc5ccc6ccsc6c5c4c3c12. The van der Waals surface area contributed by atoms with Crippen molar-refractivity contribution in [2.75, 3.05) is 0 Å². The second-order valence-corrected chi connectivity index (χ2v) is 8.70. The van der Waals surface area contributed by atoms with Gasteiger partial charge < -0.3 is 0 Å². The van der Waals surface area contributed by atoms with Crippen LogP contribution in [0, 0.1) is 0 Å². The van der Waals surface area contributed by atoms with Crippen LogP contribution in [0.4, 0.5) is 0 Å². The third-order valence-corrected chi connectivity index (χ3v) is 7.22. The predicted molar refractivity (Wildman–Crippen MR) is 129 cm³/mol. The molecular formula is C28H16S. The first kappa shape index (κ1) is 15.5. The second-order valence-electron chi connectivity index (χ2n) is 7.78. The van der Waals surface area contributed by atoms with Gasteiger partial charge in [-0.3, -0.25) is 0 Å². The summed E-state index contributed by atoms with van der Waals surface area (Å²) in [4.78, 5) is 0. The van der Waals surface area contributed by atoms with E-state index in [1.807, 2.05) is 11.3 Å². The lowest BCUT2D eigenvalue weighted by Crippen LogP contribution is -1.85. The van der Waals surface area contributed by atoms with E-state index < -0.39 is 0 Å². The monoisotopic (exact) mass is 384 g/mol. The highest BCUT2D eigenvalue weighted by atomic mass is 32.1. The first-order valence-corrected chi connectivity index (χ1v) is 10.8. The quantitative estimate of drug-likeness (QED) is 0.229. The van der Waals surface area contributed by atoms with Gasteiger partial charge in [0.2, 0.25) is 0 Å². The Bertz CT molecular complexity index is 1740. The van der Waals surface area contributed by atoms with Gasteiger partial charge in [0.1, 0.15) is 0 Å². The summed E-state index contributed by atoms with van der Waals surface area (Å²) < 4.78 is 1.39. The van der Waals surface area contributed by atoms with Gasteiger partial charge in [-0.2, -0.15) is 0 Å². The summed E-state index contributed by atoms with van der Waals surface area (Å²) in [7, 11) is 0. The average Bonchev–Trinajstić information content (AvgIpc) is 3.27. The molecule has 0 aliphatic rings. The van der Waals surface area contributed by atoms with Gasteiger partial charge in [0, 0.05) is 10.1 Å². The Balaban J connectivity index is 1.91. The Labute approximate surface area is 171 Å². The number of hydrogen-bond acceptors (Lipinski definition) is 1. The minimum Gasteiger partial charge on any atom is -0.143 e. The smallest absolute Gasteiger partial charge is 0.0427 e. The molecule has 0 amide bonds. The maximum Gasteiger partial charge on any atom is 0.0427 e. The fourth-order valence-electron chi connectivity index (χ4n) is 4.96. The molecule has 0 saturated carbocycles. The van der Waals surface area contributed by atoms with E-state index >= 15 is 0 Å². The Morgan fingerprint density at radius 1 is 0.379 bits per heavy atom. The highest BCUT2D eigenvalue weighted by Crippen LogP contribution is 2.42. The van der Waals surface area contributed by atoms with E-state index in [1.54, 1.807) is 0 Å². The molecule has 0 aliphatic heterocycles. The topological polar surface area (TPSA) is 0 Å². The van der Waals surface area contributed by atoms with Crippen molar-refractivity contribution in [3.8, 4) is 0 Å². The molecule has 0 spiro atoms. The Morgan fingerprint density at radius 2 is 0.897 bits per heavy atom. The molecule has 1 aromatic heterocycles. The summed E-state index contributed by atoms with van der Waals surface area (Å²) in [5, 5.41) is 16.9. The van der Waals surface area contributed by atoms with Crippen molar-refractivity contribution in [2.24, 2.45) is 0 Å². The van der Waals surface area contributed by atoms with Gasteiger partial charge in [0.25, 0.3) is 0 Å². The molecule has 29 heavy (non-hydrogen) atoms. The summed E-state index contributed by atoms with van der Waals surface area (Å²) >= 11 is 1.85. The van der Waals surface area contributed by atoms with E-state index in [-0.39, 0.29) is 0 Å². The normalized spacial score (nSPS) is 12.1. The number of thiophene rings is 1. The number of hydrogen-bond donors (Lipinski definition) is 0. The summed E-state index contributed by atoms with van der Waals surface area (Å²) in [6.45, 7) is 0. The van der Waals surface area contributed by atoms with E-state index in [1.165, 1.54) is 63.9 Å². The predicted octanol–water partition coefficient (Wildman–Crippen LogP) is 8.67. The van der Waals surface area contributed by atoms with Crippen molar-refractivity contribution in [1.82, 2.24) is 0 Å². The molecule has 0 radical (unpaired) electrons. The second kappa shape index (κ2) is 5.56. The van der Waals surface area contributed by atoms with Gasteiger partial charge in [0.15, 0.2) is 0 Å². The van der Waals surface area contributed by atoms with Crippen LogP contribution in [0.2, 0.25) is 0 Å². The zero-order chi connectivity index (χ0) is 18.9. The molecule has 0 fully saturated rings. The molecule has 0 bridgehead atoms. The van der Waals surface area contributed by atoms with Gasteiger partial charge in [-0.05, 0) is 65.3 Å². The molecule has 1 heteroatoms. The molecule has 0 saturated heterocycles. The van der Waals surface area contributed by atoms with Crippen LogP contribution < -0.4 is 0 Å². The van der Waals surface area contributed by atoms with Crippen molar-refractivity contribution in [1.29, 1.82) is 0 Å². The zero-order valence-electron chi connectivity index (χ0n) is 15.6. The van der Waals surface area contributed by atoms with Gasteiger partial charge in [-0.1, -0.05) is 84.9 Å². The van der Waals surface area contributed by atoms with Crippen molar-refractivity contribution in [3.05, 3.63) is 96.4 Å². The van der Waals surface area contributed by atoms with E-state index in [2.05, 4.69) is 96.4 Å². The molecule has 0 aliphatic carbocycles. The fourth-order valence-corrected chi connectivity index (χ4v) is 5.92. The lowest BCUT2D eigenvalue weighted by molar-refractivity contribution is 1.79. The molecule has 1 heterocycles. The fraction of sp³-hybridized carbons (Fsp3) is 0. The van der Waals surface area contributed by atoms with Crippen LogP contribution in [0.15, 0.2) is 96.4 Å². The first-order chi connectivity index (χ1) is 14.4. The molecule has 0 unspecified atom stereocenters. The highest BCUT2D eigenvalue weighted by molar-refractivity contribution is 7.18. The number of benzene rings is 6. The van der Waals surface area contributed by atoms with Crippen LogP contribution in [-0.4, -0.2) is 0 Å². The van der Waals surface area contributed by atoms with E-state index in [4.69, 9.17) is 0 Å². The molecule has 7 rings (SSSR count). The zero-order valence-corrected chi connectivity index (χ0v) is 16.5. The van der Waals surface area contributed by atoms with E-state index in [0.29, 0.717) is 0 Å². The van der Waals surface area contributed by atoms with E-state index in [9.17, 15) is 0 Å².